The zero-order valence-electron chi connectivity index (χ0n) is 13.8. The second kappa shape index (κ2) is 7.43. The average Bonchev–Trinajstić information content (AvgIpc) is 2.63. The lowest BCUT2D eigenvalue weighted by Crippen LogP contribution is -1.96. The third-order valence-corrected chi connectivity index (χ3v) is 4.49. The Hall–Kier alpha value is -2.43. The summed E-state index contributed by atoms with van der Waals surface area (Å²) in [6.45, 7) is 2.20. The van der Waals surface area contributed by atoms with Gasteiger partial charge in [-0.2, -0.15) is 0 Å². The minimum atomic E-state index is 0.951. The molecule has 0 saturated carbocycles. The van der Waals surface area contributed by atoms with Gasteiger partial charge in [-0.3, -0.25) is 0 Å². The van der Waals surface area contributed by atoms with Crippen molar-refractivity contribution in [2.75, 3.05) is 0 Å². The largest absolute Gasteiger partial charge is 0.143 e. The Labute approximate surface area is 150 Å². The van der Waals surface area contributed by atoms with Crippen LogP contribution in [0.25, 0.3) is 22.3 Å². The monoisotopic (exact) mass is 328 g/mol. The van der Waals surface area contributed by atoms with E-state index in [1.54, 1.807) is 0 Å². The molecule has 0 unspecified atom stereocenters. The van der Waals surface area contributed by atoms with Crippen LogP contribution in [-0.4, -0.2) is 0 Å². The van der Waals surface area contributed by atoms with E-state index in [1.165, 1.54) is 16.7 Å². The van der Waals surface area contributed by atoms with Crippen molar-refractivity contribution >= 4 is 12.6 Å². The molecular formula is C23H20S. The second-order valence-corrected chi connectivity index (χ2v) is 6.35. The van der Waals surface area contributed by atoms with Crippen molar-refractivity contribution in [1.29, 1.82) is 0 Å². The maximum Gasteiger partial charge on any atom is 0.0402 e. The number of hydrogen-bond acceptors (Lipinski definition) is 1. The Morgan fingerprint density at radius 1 is 0.875 bits per heavy atom. The molecule has 0 aliphatic carbocycles. The minimum Gasteiger partial charge on any atom is -0.143 e. The molecule has 1 heteroatoms. The molecule has 24 heavy (non-hydrogen) atoms. The van der Waals surface area contributed by atoms with Crippen LogP contribution >= 0.6 is 12.6 Å². The van der Waals surface area contributed by atoms with Gasteiger partial charge in [0, 0.05) is 16.0 Å². The third-order valence-electron chi connectivity index (χ3n) is 4.20. The van der Waals surface area contributed by atoms with Gasteiger partial charge in [0.2, 0.25) is 0 Å². The molecule has 0 heterocycles. The molecule has 0 N–H and O–H groups in total. The number of terminal acetylenes is 1. The first-order valence-electron chi connectivity index (χ1n) is 8.22. The molecule has 118 valence electrons. The lowest BCUT2D eigenvalue weighted by atomic mass is 9.87. The number of hydrogen-bond donors (Lipinski definition) is 1. The number of aryl methyl sites for hydroxylation is 1. The summed E-state index contributed by atoms with van der Waals surface area (Å²) in [7, 11) is 0. The Kier molecular flexibility index (Phi) is 5.08. The number of benzene rings is 3. The molecule has 0 aliphatic rings. The van der Waals surface area contributed by atoms with Crippen molar-refractivity contribution in [3.8, 4) is 34.6 Å². The molecule has 0 radical (unpaired) electrons. The van der Waals surface area contributed by atoms with E-state index in [0.29, 0.717) is 0 Å². The van der Waals surface area contributed by atoms with Crippen molar-refractivity contribution in [2.24, 2.45) is 0 Å². The lowest BCUT2D eigenvalue weighted by Gasteiger charge is -2.16. The van der Waals surface area contributed by atoms with Gasteiger partial charge in [-0.1, -0.05) is 73.9 Å². The predicted molar refractivity (Wildman–Crippen MR) is 106 cm³/mol. The molecule has 0 amide bonds. The predicted octanol–water partition coefficient (Wildman–Crippen LogP) is 6.24. The highest BCUT2D eigenvalue weighted by Gasteiger charge is 2.14. The summed E-state index contributed by atoms with van der Waals surface area (Å²) in [4.78, 5) is 0.951. The van der Waals surface area contributed by atoms with Gasteiger partial charge < -0.3 is 0 Å². The van der Waals surface area contributed by atoms with Gasteiger partial charge in [0.05, 0.1) is 0 Å². The van der Waals surface area contributed by atoms with Crippen molar-refractivity contribution in [2.45, 2.75) is 24.7 Å². The van der Waals surface area contributed by atoms with Gasteiger partial charge in [-0.05, 0) is 40.8 Å². The van der Waals surface area contributed by atoms with Crippen LogP contribution in [0.1, 0.15) is 24.5 Å². The average molecular weight is 328 g/mol. The summed E-state index contributed by atoms with van der Waals surface area (Å²) < 4.78 is 0. The van der Waals surface area contributed by atoms with Crippen LogP contribution in [0, 0.1) is 12.3 Å². The van der Waals surface area contributed by atoms with Crippen molar-refractivity contribution in [3.05, 3.63) is 77.9 Å². The van der Waals surface area contributed by atoms with Crippen molar-refractivity contribution in [1.82, 2.24) is 0 Å². The van der Waals surface area contributed by atoms with E-state index >= 15 is 0 Å². The molecule has 3 rings (SSSR count). The first-order chi connectivity index (χ1) is 11.7. The summed E-state index contributed by atoms with van der Waals surface area (Å²) in [5.41, 5.74) is 6.88. The summed E-state index contributed by atoms with van der Waals surface area (Å²) in [6, 6.07) is 23.0. The van der Waals surface area contributed by atoms with E-state index in [4.69, 9.17) is 6.42 Å². The number of thiol groups is 1. The zero-order valence-corrected chi connectivity index (χ0v) is 14.7. The van der Waals surface area contributed by atoms with E-state index in [2.05, 4.69) is 74.0 Å². The van der Waals surface area contributed by atoms with Gasteiger partial charge in [-0.25, -0.2) is 0 Å². The van der Waals surface area contributed by atoms with Crippen LogP contribution in [0.5, 0.6) is 0 Å². The highest BCUT2D eigenvalue weighted by molar-refractivity contribution is 7.80. The third kappa shape index (κ3) is 3.25. The highest BCUT2D eigenvalue weighted by Crippen LogP contribution is 2.35. The van der Waals surface area contributed by atoms with Gasteiger partial charge >= 0.3 is 0 Å². The topological polar surface area (TPSA) is 0 Å². The molecule has 0 nitrogen and oxygen atoms in total. The highest BCUT2D eigenvalue weighted by atomic mass is 32.1. The van der Waals surface area contributed by atoms with E-state index < -0.39 is 0 Å². The quantitative estimate of drug-likeness (QED) is 0.425. The van der Waals surface area contributed by atoms with Crippen LogP contribution in [0.15, 0.2) is 71.6 Å². The van der Waals surface area contributed by atoms with E-state index in [0.717, 1.165) is 34.4 Å². The van der Waals surface area contributed by atoms with Gasteiger partial charge in [0.1, 0.15) is 0 Å². The minimum absolute atomic E-state index is 0.951. The molecule has 3 aromatic rings. The van der Waals surface area contributed by atoms with Crippen LogP contribution in [0.2, 0.25) is 0 Å². The van der Waals surface area contributed by atoms with Crippen molar-refractivity contribution < 1.29 is 0 Å². The molecule has 0 fully saturated rings. The fourth-order valence-electron chi connectivity index (χ4n) is 3.09. The van der Waals surface area contributed by atoms with Crippen LogP contribution in [-0.2, 0) is 6.42 Å². The Bertz CT molecular complexity index is 868. The normalized spacial score (nSPS) is 10.4. The van der Waals surface area contributed by atoms with E-state index in [-0.39, 0.29) is 0 Å². The molecule has 0 spiro atoms. The van der Waals surface area contributed by atoms with E-state index in [1.807, 2.05) is 18.2 Å². The molecule has 0 aliphatic heterocycles. The Balaban J connectivity index is 2.26. The van der Waals surface area contributed by atoms with Gasteiger partial charge in [-0.15, -0.1) is 19.1 Å². The maximum absolute atomic E-state index is 5.96. The standard InChI is InChI=1S/C23H20S/c1-3-8-18-13-16-22(17-11-14-20(24)15-12-17)21(4-2)23(18)19-9-6-5-7-10-19/h2,5-7,9-16,24H,3,8H2,1H3. The maximum atomic E-state index is 5.96. The second-order valence-electron chi connectivity index (χ2n) is 5.83. The van der Waals surface area contributed by atoms with Crippen molar-refractivity contribution in [3.63, 3.8) is 0 Å². The lowest BCUT2D eigenvalue weighted by molar-refractivity contribution is 0.923. The fraction of sp³-hybridized carbons (Fsp3) is 0.130. The first-order valence-corrected chi connectivity index (χ1v) is 8.66. The molecular weight excluding hydrogens is 308 g/mol. The van der Waals surface area contributed by atoms with E-state index in [9.17, 15) is 0 Å². The summed E-state index contributed by atoms with van der Waals surface area (Å²) in [6.07, 6.45) is 8.07. The molecule has 0 aromatic heterocycles. The number of rotatable bonds is 4. The van der Waals surface area contributed by atoms with Gasteiger partial charge in [0.25, 0.3) is 0 Å². The van der Waals surface area contributed by atoms with Crippen LogP contribution in [0.3, 0.4) is 0 Å². The summed E-state index contributed by atoms with van der Waals surface area (Å²) >= 11 is 4.37. The molecule has 0 saturated heterocycles. The zero-order chi connectivity index (χ0) is 16.9. The Morgan fingerprint density at radius 2 is 1.58 bits per heavy atom. The SMILES string of the molecule is C#Cc1c(-c2ccc(S)cc2)ccc(CCC)c1-c1ccccc1. The van der Waals surface area contributed by atoms with Gasteiger partial charge in [0.15, 0.2) is 0 Å². The first kappa shape index (κ1) is 16.4. The molecule has 3 aromatic carbocycles. The van der Waals surface area contributed by atoms with Crippen LogP contribution in [0.4, 0.5) is 0 Å². The summed E-state index contributed by atoms with van der Waals surface area (Å²) in [5.74, 6) is 2.96. The molecule has 0 bridgehead atoms. The molecule has 0 atom stereocenters. The fourth-order valence-corrected chi connectivity index (χ4v) is 3.24. The Morgan fingerprint density at radius 3 is 2.21 bits per heavy atom. The van der Waals surface area contributed by atoms with Crippen LogP contribution < -0.4 is 0 Å². The summed E-state index contributed by atoms with van der Waals surface area (Å²) in [5, 5.41) is 0. The smallest absolute Gasteiger partial charge is 0.0402 e.